The fraction of sp³-hybridized carbons (Fsp3) is 0.273. The van der Waals surface area contributed by atoms with Crippen LogP contribution >= 0.6 is 22.9 Å². The van der Waals surface area contributed by atoms with Crippen molar-refractivity contribution in [3.63, 3.8) is 0 Å². The number of carbonyl (C=O) groups excluding carboxylic acids is 3. The highest BCUT2D eigenvalue weighted by molar-refractivity contribution is 7.15. The average Bonchev–Trinajstić information content (AvgIpc) is 3.42. The topological polar surface area (TPSA) is 132 Å². The number of nitrogens with two attached hydrogens (primary N) is 1. The lowest BCUT2D eigenvalue weighted by Crippen LogP contribution is -2.38. The van der Waals surface area contributed by atoms with Crippen LogP contribution in [0.2, 0.25) is 5.02 Å². The molecule has 11 heteroatoms. The number of aryl methyl sites for hydroxylation is 2. The van der Waals surface area contributed by atoms with Crippen LogP contribution in [-0.4, -0.2) is 44.1 Å². The molecule has 2 aromatic heterocycles. The Morgan fingerprint density at radius 1 is 1.00 bits per heavy atom. The van der Waals surface area contributed by atoms with Gasteiger partial charge in [-0.25, -0.2) is 0 Å². The van der Waals surface area contributed by atoms with Crippen molar-refractivity contribution >= 4 is 46.2 Å². The zero-order valence-electron chi connectivity index (χ0n) is 25.1. The summed E-state index contributed by atoms with van der Waals surface area (Å²) in [5, 5.41) is 13.2. The average molecular weight is 631 g/mol. The van der Waals surface area contributed by atoms with E-state index in [9.17, 15) is 14.4 Å². The first kappa shape index (κ1) is 32.5. The molecule has 0 unspecified atom stereocenters. The lowest BCUT2D eigenvalue weighted by molar-refractivity contribution is -0.118. The van der Waals surface area contributed by atoms with E-state index in [1.54, 1.807) is 35.6 Å². The Hall–Kier alpha value is -4.41. The summed E-state index contributed by atoms with van der Waals surface area (Å²) in [7, 11) is 0. The molecule has 0 saturated heterocycles. The summed E-state index contributed by atoms with van der Waals surface area (Å²) in [6.07, 6.45) is 5.91. The molecule has 6 rings (SSSR count). The molecule has 2 aliphatic rings. The van der Waals surface area contributed by atoms with Crippen molar-refractivity contribution in [1.29, 1.82) is 0 Å². The number of halogens is 1. The van der Waals surface area contributed by atoms with Gasteiger partial charge in [0.1, 0.15) is 17.4 Å². The molecule has 44 heavy (non-hydrogen) atoms. The van der Waals surface area contributed by atoms with Crippen molar-refractivity contribution in [3.8, 4) is 5.00 Å². The number of carbonyl (C=O) groups is 3. The number of nitrogens with zero attached hydrogens (tertiary/aromatic N) is 4. The number of ketones is 1. The van der Waals surface area contributed by atoms with E-state index in [0.29, 0.717) is 18.2 Å². The number of primary amides is 1. The van der Waals surface area contributed by atoms with Crippen LogP contribution in [0.5, 0.6) is 0 Å². The Morgan fingerprint density at radius 3 is 2.27 bits per heavy atom. The van der Waals surface area contributed by atoms with E-state index in [1.165, 1.54) is 41.5 Å². The van der Waals surface area contributed by atoms with E-state index < -0.39 is 0 Å². The SMILES string of the molecule is CC(N)=O.Cc1sc2c(c1C)C(c1ccc(Cl)cc1)=NCc1nnc(C)n1-2.O=C(/C=C/C(=O)c1ccccc1)NC1CCC1. The molecule has 1 saturated carbocycles. The zero-order valence-corrected chi connectivity index (χ0v) is 26.7. The first-order chi connectivity index (χ1) is 21.0. The van der Waals surface area contributed by atoms with Crippen molar-refractivity contribution < 1.29 is 14.4 Å². The highest BCUT2D eigenvalue weighted by atomic mass is 35.5. The van der Waals surface area contributed by atoms with Gasteiger partial charge in [-0.05, 0) is 63.8 Å². The van der Waals surface area contributed by atoms with Gasteiger partial charge in [-0.1, -0.05) is 54.1 Å². The molecule has 228 valence electrons. The Labute approximate surface area is 265 Å². The molecule has 1 fully saturated rings. The lowest BCUT2D eigenvalue weighted by atomic mass is 9.93. The van der Waals surface area contributed by atoms with E-state index in [0.717, 1.165) is 45.8 Å². The van der Waals surface area contributed by atoms with Crippen LogP contribution in [0.4, 0.5) is 0 Å². The van der Waals surface area contributed by atoms with Crippen molar-refractivity contribution in [2.45, 2.75) is 59.5 Å². The number of aliphatic imine (C=N–C) groups is 1. The van der Waals surface area contributed by atoms with Gasteiger partial charge >= 0.3 is 0 Å². The van der Waals surface area contributed by atoms with E-state index in [2.05, 4.69) is 39.7 Å². The number of allylic oxidation sites excluding steroid dienone is 1. The Kier molecular flexibility index (Phi) is 11.0. The normalized spacial score (nSPS) is 13.5. The predicted molar refractivity (Wildman–Crippen MR) is 175 cm³/mol. The number of amides is 2. The summed E-state index contributed by atoms with van der Waals surface area (Å²) < 4.78 is 2.13. The summed E-state index contributed by atoms with van der Waals surface area (Å²) in [5.74, 6) is 1.12. The van der Waals surface area contributed by atoms with E-state index in [4.69, 9.17) is 16.6 Å². The van der Waals surface area contributed by atoms with Crippen molar-refractivity contribution in [1.82, 2.24) is 20.1 Å². The third-order valence-electron chi connectivity index (χ3n) is 7.09. The summed E-state index contributed by atoms with van der Waals surface area (Å²) in [6.45, 7) is 8.12. The molecular weight excluding hydrogens is 596 g/mol. The molecule has 2 aromatic carbocycles. The standard InChI is InChI=1S/C17H15ClN4S.C14H15NO2.C2H5NO/c1-9-10(2)23-17-15(9)16(12-4-6-13(18)7-5-12)19-8-14-21-20-11(3)22(14)17;16-13(11-5-2-1-3-6-11)9-10-14(17)15-12-7-4-8-12;1-2(3)4/h4-7H,8H2,1-3H3;1-3,5-6,9-10,12H,4,7-8H2,(H,15,17);1H3,(H2,3,4)/b;10-9+;. The minimum Gasteiger partial charge on any atom is -0.370 e. The van der Waals surface area contributed by atoms with E-state index in [1.807, 2.05) is 37.3 Å². The molecule has 1 aliphatic carbocycles. The smallest absolute Gasteiger partial charge is 0.244 e. The largest absolute Gasteiger partial charge is 0.370 e. The number of fused-ring (bicyclic) bond motifs is 3. The highest BCUT2D eigenvalue weighted by Gasteiger charge is 2.26. The summed E-state index contributed by atoms with van der Waals surface area (Å²) in [4.78, 5) is 38.4. The molecule has 4 aromatic rings. The van der Waals surface area contributed by atoms with Gasteiger partial charge in [0.15, 0.2) is 11.6 Å². The van der Waals surface area contributed by atoms with Gasteiger partial charge in [0.25, 0.3) is 0 Å². The molecule has 3 N–H and O–H groups in total. The molecular formula is C33H35ClN6O3S. The molecule has 0 radical (unpaired) electrons. The van der Waals surface area contributed by atoms with Crippen molar-refractivity contribution in [3.05, 3.63) is 111 Å². The summed E-state index contributed by atoms with van der Waals surface area (Å²) >= 11 is 7.80. The number of rotatable bonds is 5. The quantitative estimate of drug-likeness (QED) is 0.211. The number of benzene rings is 2. The summed E-state index contributed by atoms with van der Waals surface area (Å²) in [6, 6.07) is 17.1. The van der Waals surface area contributed by atoms with Crippen LogP contribution in [-0.2, 0) is 16.1 Å². The van der Waals surface area contributed by atoms with Gasteiger partial charge in [0, 0.05) is 45.6 Å². The minimum absolute atomic E-state index is 0.144. The lowest BCUT2D eigenvalue weighted by Gasteiger charge is -2.25. The number of nitrogens with one attached hydrogen (secondary N) is 1. The summed E-state index contributed by atoms with van der Waals surface area (Å²) in [5.41, 5.74) is 9.59. The van der Waals surface area contributed by atoms with Gasteiger partial charge in [-0.3, -0.25) is 23.9 Å². The van der Waals surface area contributed by atoms with Crippen LogP contribution in [0.1, 0.15) is 69.8 Å². The van der Waals surface area contributed by atoms with E-state index >= 15 is 0 Å². The third kappa shape index (κ3) is 8.15. The number of aromatic nitrogens is 3. The molecule has 3 heterocycles. The molecule has 9 nitrogen and oxygen atoms in total. The Balaban J connectivity index is 0.000000186. The predicted octanol–water partition coefficient (Wildman–Crippen LogP) is 5.84. The molecule has 0 atom stereocenters. The van der Waals surface area contributed by atoms with Gasteiger partial charge < -0.3 is 11.1 Å². The molecule has 2 amide bonds. The second-order valence-electron chi connectivity index (χ2n) is 10.4. The van der Waals surface area contributed by atoms with Gasteiger partial charge in [-0.2, -0.15) is 0 Å². The fourth-order valence-corrected chi connectivity index (χ4v) is 5.89. The van der Waals surface area contributed by atoms with Gasteiger partial charge in [-0.15, -0.1) is 21.5 Å². The van der Waals surface area contributed by atoms with Crippen molar-refractivity contribution in [2.24, 2.45) is 10.7 Å². The maximum atomic E-state index is 11.7. The molecule has 0 bridgehead atoms. The second kappa shape index (κ2) is 14.9. The van der Waals surface area contributed by atoms with E-state index in [-0.39, 0.29) is 17.6 Å². The van der Waals surface area contributed by atoms with Gasteiger partial charge in [0.2, 0.25) is 11.8 Å². The second-order valence-corrected chi connectivity index (χ2v) is 12.1. The number of hydrogen-bond donors (Lipinski definition) is 2. The Morgan fingerprint density at radius 2 is 1.66 bits per heavy atom. The number of hydrogen-bond acceptors (Lipinski definition) is 7. The highest BCUT2D eigenvalue weighted by Crippen LogP contribution is 2.36. The Bertz CT molecular complexity index is 1700. The maximum absolute atomic E-state index is 11.7. The first-order valence-electron chi connectivity index (χ1n) is 14.2. The van der Waals surface area contributed by atoms with Crippen LogP contribution in [0.15, 0.2) is 71.7 Å². The third-order valence-corrected chi connectivity index (χ3v) is 8.54. The first-order valence-corrected chi connectivity index (χ1v) is 15.4. The molecule has 0 spiro atoms. The molecule has 1 aliphatic heterocycles. The van der Waals surface area contributed by atoms with Crippen molar-refractivity contribution in [2.75, 3.05) is 0 Å². The fourth-order valence-electron chi connectivity index (χ4n) is 4.54. The minimum atomic E-state index is -0.333. The number of thiophene rings is 1. The van der Waals surface area contributed by atoms with Crippen LogP contribution in [0, 0.1) is 20.8 Å². The van der Waals surface area contributed by atoms with Gasteiger partial charge in [0.05, 0.1) is 5.71 Å². The van der Waals surface area contributed by atoms with Crippen LogP contribution < -0.4 is 11.1 Å². The maximum Gasteiger partial charge on any atom is 0.244 e. The monoisotopic (exact) mass is 630 g/mol. The van der Waals surface area contributed by atoms with Crippen LogP contribution in [0.3, 0.4) is 0 Å². The zero-order chi connectivity index (χ0) is 31.8. The van der Waals surface area contributed by atoms with Crippen LogP contribution in [0.25, 0.3) is 5.00 Å².